The second kappa shape index (κ2) is 2.60. The average molecular weight is 187 g/mol. The lowest BCUT2D eigenvalue weighted by atomic mass is 9.90. The van der Waals surface area contributed by atoms with Crippen LogP contribution in [0.15, 0.2) is 24.3 Å². The highest BCUT2D eigenvalue weighted by molar-refractivity contribution is 5.42. The van der Waals surface area contributed by atoms with Crippen LogP contribution in [0, 0.1) is 12.8 Å². The maximum absolute atomic E-state index is 6.09. The first kappa shape index (κ1) is 8.49. The largest absolute Gasteiger partial charge is 0.327 e. The molecule has 0 amide bonds. The molecule has 0 radical (unpaired) electrons. The minimum Gasteiger partial charge on any atom is -0.327 e. The molecular weight excluding hydrogens is 170 g/mol. The number of rotatable bonds is 1. The summed E-state index contributed by atoms with van der Waals surface area (Å²) in [4.78, 5) is 0. The van der Waals surface area contributed by atoms with Crippen LogP contribution >= 0.6 is 0 Å². The SMILES string of the molecule is Cc1ccccc1C12CCC(N)C1C2. The molecular formula is C13H17N. The van der Waals surface area contributed by atoms with Gasteiger partial charge in [-0.2, -0.15) is 0 Å². The van der Waals surface area contributed by atoms with Crippen LogP contribution in [0.2, 0.25) is 0 Å². The lowest BCUT2D eigenvalue weighted by molar-refractivity contribution is 0.613. The molecule has 0 bridgehead atoms. The van der Waals surface area contributed by atoms with Crippen molar-refractivity contribution in [3.05, 3.63) is 35.4 Å². The Hall–Kier alpha value is -0.820. The van der Waals surface area contributed by atoms with E-state index in [1.165, 1.54) is 24.8 Å². The fourth-order valence-electron chi connectivity index (χ4n) is 3.38. The summed E-state index contributed by atoms with van der Waals surface area (Å²) in [6.45, 7) is 2.23. The van der Waals surface area contributed by atoms with E-state index < -0.39 is 0 Å². The smallest absolute Gasteiger partial charge is 0.00763 e. The second-order valence-corrected chi connectivity index (χ2v) is 4.98. The van der Waals surface area contributed by atoms with Gasteiger partial charge >= 0.3 is 0 Å². The quantitative estimate of drug-likeness (QED) is 0.717. The van der Waals surface area contributed by atoms with Gasteiger partial charge in [-0.25, -0.2) is 0 Å². The Morgan fingerprint density at radius 1 is 1.36 bits per heavy atom. The van der Waals surface area contributed by atoms with E-state index >= 15 is 0 Å². The van der Waals surface area contributed by atoms with Crippen LogP contribution in [-0.4, -0.2) is 6.04 Å². The Labute approximate surface area is 85.3 Å². The van der Waals surface area contributed by atoms with Crippen LogP contribution in [0.25, 0.3) is 0 Å². The Kier molecular flexibility index (Phi) is 1.58. The van der Waals surface area contributed by atoms with Crippen molar-refractivity contribution >= 4 is 0 Å². The van der Waals surface area contributed by atoms with E-state index in [-0.39, 0.29) is 0 Å². The van der Waals surface area contributed by atoms with Crippen molar-refractivity contribution in [1.29, 1.82) is 0 Å². The van der Waals surface area contributed by atoms with Crippen molar-refractivity contribution in [3.8, 4) is 0 Å². The van der Waals surface area contributed by atoms with Gasteiger partial charge in [-0.15, -0.1) is 0 Å². The summed E-state index contributed by atoms with van der Waals surface area (Å²) in [6, 6.07) is 9.28. The Bertz CT molecular complexity index is 371. The third-order valence-electron chi connectivity index (χ3n) is 4.26. The summed E-state index contributed by atoms with van der Waals surface area (Å²) in [5.41, 5.74) is 9.60. The third kappa shape index (κ3) is 0.936. The molecule has 14 heavy (non-hydrogen) atoms. The van der Waals surface area contributed by atoms with Gasteiger partial charge in [-0.3, -0.25) is 0 Å². The van der Waals surface area contributed by atoms with Gasteiger partial charge in [0.15, 0.2) is 0 Å². The number of hydrogen-bond acceptors (Lipinski definition) is 1. The summed E-state index contributed by atoms with van der Waals surface area (Å²) < 4.78 is 0. The van der Waals surface area contributed by atoms with Gasteiger partial charge in [0.1, 0.15) is 0 Å². The highest BCUT2D eigenvalue weighted by Gasteiger charge is 2.61. The van der Waals surface area contributed by atoms with Crippen molar-refractivity contribution in [2.75, 3.05) is 0 Å². The van der Waals surface area contributed by atoms with E-state index in [2.05, 4.69) is 31.2 Å². The lowest BCUT2D eigenvalue weighted by Gasteiger charge is -2.14. The number of benzene rings is 1. The number of hydrogen-bond donors (Lipinski definition) is 1. The summed E-state index contributed by atoms with van der Waals surface area (Å²) in [6.07, 6.45) is 3.86. The first-order valence-corrected chi connectivity index (χ1v) is 5.56. The van der Waals surface area contributed by atoms with E-state index in [4.69, 9.17) is 5.73 Å². The van der Waals surface area contributed by atoms with Crippen LogP contribution in [0.1, 0.15) is 30.4 Å². The number of aryl methyl sites for hydroxylation is 1. The summed E-state index contributed by atoms with van der Waals surface area (Å²) in [7, 11) is 0. The minimum atomic E-state index is 0.467. The Morgan fingerprint density at radius 2 is 2.14 bits per heavy atom. The van der Waals surface area contributed by atoms with Gasteiger partial charge in [0.05, 0.1) is 0 Å². The fraction of sp³-hybridized carbons (Fsp3) is 0.538. The molecule has 1 aromatic rings. The van der Waals surface area contributed by atoms with Gasteiger partial charge in [-0.05, 0) is 43.2 Å². The monoisotopic (exact) mass is 187 g/mol. The van der Waals surface area contributed by atoms with Crippen LogP contribution in [0.4, 0.5) is 0 Å². The Balaban J connectivity index is 2.02. The fourth-order valence-corrected chi connectivity index (χ4v) is 3.38. The predicted molar refractivity (Wildman–Crippen MR) is 58.2 cm³/mol. The van der Waals surface area contributed by atoms with Crippen molar-refractivity contribution < 1.29 is 0 Å². The highest BCUT2D eigenvalue weighted by atomic mass is 14.8. The second-order valence-electron chi connectivity index (χ2n) is 4.98. The molecule has 0 saturated heterocycles. The maximum Gasteiger partial charge on any atom is 0.00763 e. The molecule has 2 aliphatic carbocycles. The van der Waals surface area contributed by atoms with Gasteiger partial charge in [0.2, 0.25) is 0 Å². The summed E-state index contributed by atoms with van der Waals surface area (Å²) in [5.74, 6) is 0.781. The van der Waals surface area contributed by atoms with Crippen LogP contribution in [0.5, 0.6) is 0 Å². The zero-order valence-electron chi connectivity index (χ0n) is 8.66. The highest BCUT2D eigenvalue weighted by Crippen LogP contribution is 2.64. The normalized spacial score (nSPS) is 39.6. The van der Waals surface area contributed by atoms with Gasteiger partial charge in [-0.1, -0.05) is 24.3 Å². The molecule has 3 atom stereocenters. The molecule has 0 spiro atoms. The van der Waals surface area contributed by atoms with Gasteiger partial charge in [0.25, 0.3) is 0 Å². The van der Waals surface area contributed by atoms with Crippen LogP contribution in [-0.2, 0) is 5.41 Å². The first-order valence-electron chi connectivity index (χ1n) is 5.56. The summed E-state index contributed by atoms with van der Waals surface area (Å²) in [5, 5.41) is 0. The topological polar surface area (TPSA) is 26.0 Å². The molecule has 2 saturated carbocycles. The molecule has 2 fully saturated rings. The summed E-state index contributed by atoms with van der Waals surface area (Å²) >= 11 is 0. The maximum atomic E-state index is 6.09. The lowest BCUT2D eigenvalue weighted by Crippen LogP contribution is -2.19. The Morgan fingerprint density at radius 3 is 2.71 bits per heavy atom. The molecule has 1 aromatic carbocycles. The van der Waals surface area contributed by atoms with E-state index in [1.54, 1.807) is 5.56 Å². The molecule has 74 valence electrons. The van der Waals surface area contributed by atoms with Crippen LogP contribution < -0.4 is 5.73 Å². The standard InChI is InChI=1S/C13H17N/c1-9-4-2-3-5-10(9)13-7-6-12(14)11(13)8-13/h2-5,11-12H,6-8,14H2,1H3. The molecule has 3 unspecified atom stereocenters. The molecule has 0 aliphatic heterocycles. The van der Waals surface area contributed by atoms with Crippen molar-refractivity contribution in [1.82, 2.24) is 0 Å². The van der Waals surface area contributed by atoms with Crippen LogP contribution in [0.3, 0.4) is 0 Å². The van der Waals surface area contributed by atoms with Crippen molar-refractivity contribution in [3.63, 3.8) is 0 Å². The minimum absolute atomic E-state index is 0.467. The molecule has 0 heterocycles. The molecule has 0 aromatic heterocycles. The number of fused-ring (bicyclic) bond motifs is 1. The molecule has 2 aliphatic rings. The number of nitrogens with two attached hydrogens (primary N) is 1. The van der Waals surface area contributed by atoms with E-state index in [9.17, 15) is 0 Å². The zero-order chi connectivity index (χ0) is 9.76. The van der Waals surface area contributed by atoms with Crippen molar-refractivity contribution in [2.24, 2.45) is 11.7 Å². The molecule has 3 rings (SSSR count). The average Bonchev–Trinajstić information content (AvgIpc) is 2.84. The van der Waals surface area contributed by atoms with Gasteiger partial charge < -0.3 is 5.73 Å². The van der Waals surface area contributed by atoms with E-state index in [0.717, 1.165) is 5.92 Å². The van der Waals surface area contributed by atoms with E-state index in [1.807, 2.05) is 0 Å². The van der Waals surface area contributed by atoms with Crippen molar-refractivity contribution in [2.45, 2.75) is 37.6 Å². The molecule has 1 heteroatoms. The molecule has 1 nitrogen and oxygen atoms in total. The zero-order valence-corrected chi connectivity index (χ0v) is 8.66. The molecule has 2 N–H and O–H groups in total. The first-order chi connectivity index (χ1) is 6.74. The third-order valence-corrected chi connectivity index (χ3v) is 4.26. The van der Waals surface area contributed by atoms with Gasteiger partial charge in [0, 0.05) is 11.5 Å². The predicted octanol–water partition coefficient (Wildman–Crippen LogP) is 2.37. The van der Waals surface area contributed by atoms with E-state index in [0.29, 0.717) is 11.5 Å².